The summed E-state index contributed by atoms with van der Waals surface area (Å²) < 4.78 is 10.3. The lowest BCUT2D eigenvalue weighted by atomic mass is 10.9. The van der Waals surface area contributed by atoms with E-state index in [0.717, 1.165) is 0 Å². The quantitative estimate of drug-likeness (QED) is 0.430. The van der Waals surface area contributed by atoms with Crippen LogP contribution in [-0.4, -0.2) is 21.7 Å². The highest BCUT2D eigenvalue weighted by Gasteiger charge is 1.92. The van der Waals surface area contributed by atoms with E-state index in [-0.39, 0.29) is 0 Å². The molecule has 0 saturated heterocycles. The van der Waals surface area contributed by atoms with E-state index in [0.29, 0.717) is 5.75 Å². The van der Waals surface area contributed by atoms with E-state index in [1.54, 1.807) is 0 Å². The second kappa shape index (κ2) is 1.97. The summed E-state index contributed by atoms with van der Waals surface area (Å²) in [5, 5.41) is 6.88. The Balaban J connectivity index is 2.66. The summed E-state index contributed by atoms with van der Waals surface area (Å²) in [6, 6.07) is 0. The van der Waals surface area contributed by atoms with Gasteiger partial charge < -0.3 is 0 Å². The van der Waals surface area contributed by atoms with Gasteiger partial charge in [0.25, 0.3) is 0 Å². The number of hydrogen-bond donors (Lipinski definition) is 0. The zero-order valence-corrected chi connectivity index (χ0v) is 4.39. The van der Waals surface area contributed by atoms with Crippen molar-refractivity contribution in [3.63, 3.8) is 0 Å². The maximum Gasteiger partial charge on any atom is 0.114 e. The van der Waals surface area contributed by atoms with E-state index in [4.69, 9.17) is 0 Å². The smallest absolute Gasteiger partial charge is 0.114 e. The second-order valence-corrected chi connectivity index (χ2v) is 2.37. The summed E-state index contributed by atoms with van der Waals surface area (Å²) in [6.45, 7) is 0. The van der Waals surface area contributed by atoms with Crippen LogP contribution in [0.1, 0.15) is 0 Å². The molecule has 0 bridgehead atoms. The second-order valence-electron chi connectivity index (χ2n) is 1.07. The van der Waals surface area contributed by atoms with Gasteiger partial charge in [-0.2, -0.15) is 5.10 Å². The van der Waals surface area contributed by atoms with Crippen molar-refractivity contribution in [2.24, 2.45) is 10.2 Å². The van der Waals surface area contributed by atoms with E-state index in [2.05, 4.69) is 10.2 Å². The Labute approximate surface area is 43.6 Å². The first kappa shape index (κ1) is 4.64. The Morgan fingerprint density at radius 1 is 1.57 bits per heavy atom. The first-order chi connectivity index (χ1) is 3.39. The molecule has 0 fully saturated rings. The molecule has 0 aromatic carbocycles. The Morgan fingerprint density at radius 3 is 2.71 bits per heavy atom. The van der Waals surface area contributed by atoms with Gasteiger partial charge >= 0.3 is 0 Å². The van der Waals surface area contributed by atoms with Gasteiger partial charge in [-0.05, 0) is 0 Å². The van der Waals surface area contributed by atoms with Crippen molar-refractivity contribution in [1.29, 1.82) is 0 Å². The average molecular weight is 116 g/mol. The third-order valence-electron chi connectivity index (χ3n) is 0.552. The van der Waals surface area contributed by atoms with Crippen molar-refractivity contribution in [2.45, 2.75) is 0 Å². The predicted molar refractivity (Wildman–Crippen MR) is 30.0 cm³/mol. The monoisotopic (exact) mass is 116 g/mol. The third kappa shape index (κ3) is 1.19. The van der Waals surface area contributed by atoms with Crippen LogP contribution >= 0.6 is 0 Å². The summed E-state index contributed by atoms with van der Waals surface area (Å²) in [7, 11) is -0.881. The standard InChI is InChI=1S/C3H4N2OS/c6-7-2-1-4-5-3-7/h1,3H,2H2. The summed E-state index contributed by atoms with van der Waals surface area (Å²) >= 11 is 0. The lowest BCUT2D eigenvalue weighted by Gasteiger charge is -1.88. The van der Waals surface area contributed by atoms with Gasteiger partial charge in [-0.25, -0.2) is 0 Å². The maximum atomic E-state index is 10.3. The fraction of sp³-hybridized carbons (Fsp3) is 0.333. The van der Waals surface area contributed by atoms with E-state index in [1.165, 1.54) is 11.8 Å². The molecule has 1 heterocycles. The SMILES string of the molecule is O=S1C=NN=CC1. The number of nitrogens with zero attached hydrogens (tertiary/aromatic N) is 2. The van der Waals surface area contributed by atoms with Gasteiger partial charge in [0.05, 0.1) is 16.6 Å². The summed E-state index contributed by atoms with van der Waals surface area (Å²) in [4.78, 5) is 0. The van der Waals surface area contributed by atoms with Crippen LogP contribution in [-0.2, 0) is 10.8 Å². The maximum absolute atomic E-state index is 10.3. The molecule has 0 amide bonds. The van der Waals surface area contributed by atoms with Crippen LogP contribution in [0.2, 0.25) is 0 Å². The Hall–Kier alpha value is -0.510. The summed E-state index contributed by atoms with van der Waals surface area (Å²) in [5.41, 5.74) is 1.33. The van der Waals surface area contributed by atoms with Crippen LogP contribution in [0, 0.1) is 0 Å². The van der Waals surface area contributed by atoms with Crippen molar-refractivity contribution in [1.82, 2.24) is 0 Å². The van der Waals surface area contributed by atoms with Gasteiger partial charge in [0, 0.05) is 6.21 Å². The molecule has 1 atom stereocenters. The molecule has 0 radical (unpaired) electrons. The summed E-state index contributed by atoms with van der Waals surface area (Å²) in [5.74, 6) is 0.517. The lowest BCUT2D eigenvalue weighted by molar-refractivity contribution is 0.692. The minimum atomic E-state index is -0.881. The molecule has 3 nitrogen and oxygen atoms in total. The molecule has 0 saturated carbocycles. The van der Waals surface area contributed by atoms with Crippen LogP contribution in [0.15, 0.2) is 10.2 Å². The van der Waals surface area contributed by atoms with Crippen molar-refractivity contribution in [3.05, 3.63) is 0 Å². The fourth-order valence-electron chi connectivity index (χ4n) is 0.277. The molecule has 1 unspecified atom stereocenters. The highest BCUT2D eigenvalue weighted by molar-refractivity contribution is 7.99. The molecule has 1 aliphatic heterocycles. The topological polar surface area (TPSA) is 41.8 Å². The van der Waals surface area contributed by atoms with E-state index in [1.807, 2.05) is 0 Å². The predicted octanol–water partition coefficient (Wildman–Crippen LogP) is -0.237. The van der Waals surface area contributed by atoms with Gasteiger partial charge in [0.2, 0.25) is 0 Å². The molecule has 38 valence electrons. The zero-order chi connectivity index (χ0) is 5.11. The van der Waals surface area contributed by atoms with E-state index < -0.39 is 10.8 Å². The molecule has 1 rings (SSSR count). The molecular weight excluding hydrogens is 112 g/mol. The molecule has 0 spiro atoms. The van der Waals surface area contributed by atoms with Crippen LogP contribution in [0.4, 0.5) is 0 Å². The lowest BCUT2D eigenvalue weighted by Crippen LogP contribution is -2.01. The van der Waals surface area contributed by atoms with Gasteiger partial charge in [-0.1, -0.05) is 0 Å². The Morgan fingerprint density at radius 2 is 2.43 bits per heavy atom. The molecule has 1 aliphatic rings. The molecular formula is C3H4N2OS. The van der Waals surface area contributed by atoms with Gasteiger partial charge in [0.1, 0.15) is 5.55 Å². The van der Waals surface area contributed by atoms with Crippen LogP contribution in [0.3, 0.4) is 0 Å². The first-order valence-corrected chi connectivity index (χ1v) is 3.20. The first-order valence-electron chi connectivity index (χ1n) is 1.82. The van der Waals surface area contributed by atoms with E-state index in [9.17, 15) is 4.21 Å². The Kier molecular flexibility index (Phi) is 1.31. The van der Waals surface area contributed by atoms with Crippen molar-refractivity contribution < 1.29 is 4.21 Å². The number of rotatable bonds is 0. The molecule has 0 N–H and O–H groups in total. The molecule has 4 heteroatoms. The zero-order valence-electron chi connectivity index (χ0n) is 3.57. The largest absolute Gasteiger partial charge is 0.253 e. The minimum Gasteiger partial charge on any atom is -0.253 e. The highest BCUT2D eigenvalue weighted by atomic mass is 32.2. The fourth-order valence-corrected chi connectivity index (χ4v) is 0.736. The molecule has 7 heavy (non-hydrogen) atoms. The number of hydrogen-bond acceptors (Lipinski definition) is 3. The minimum absolute atomic E-state index is 0.517. The van der Waals surface area contributed by atoms with Crippen molar-refractivity contribution in [2.75, 3.05) is 5.75 Å². The van der Waals surface area contributed by atoms with Crippen molar-refractivity contribution >= 4 is 22.6 Å². The van der Waals surface area contributed by atoms with E-state index >= 15 is 0 Å². The summed E-state index contributed by atoms with van der Waals surface area (Å²) in [6.07, 6.45) is 1.54. The molecule has 0 aromatic heterocycles. The van der Waals surface area contributed by atoms with Crippen molar-refractivity contribution in [3.8, 4) is 0 Å². The van der Waals surface area contributed by atoms with Crippen LogP contribution in [0.5, 0.6) is 0 Å². The van der Waals surface area contributed by atoms with Gasteiger partial charge in [-0.15, -0.1) is 5.10 Å². The normalized spacial score (nSPS) is 28.3. The highest BCUT2D eigenvalue weighted by Crippen LogP contribution is 1.81. The molecule has 0 aliphatic carbocycles. The third-order valence-corrected chi connectivity index (χ3v) is 1.36. The Bertz CT molecular complexity index is 140. The van der Waals surface area contributed by atoms with Crippen LogP contribution in [0.25, 0.3) is 0 Å². The van der Waals surface area contributed by atoms with Gasteiger partial charge in [0.15, 0.2) is 0 Å². The van der Waals surface area contributed by atoms with Crippen LogP contribution < -0.4 is 0 Å². The van der Waals surface area contributed by atoms with Gasteiger partial charge in [-0.3, -0.25) is 4.21 Å². The average Bonchev–Trinajstić information content (AvgIpc) is 1.69. The molecule has 0 aromatic rings.